The average molecular weight is 290 g/mol. The number of aliphatic carboxylic acids is 1. The van der Waals surface area contributed by atoms with Gasteiger partial charge in [0.05, 0.1) is 12.2 Å². The smallest absolute Gasteiger partial charge is 0.330 e. The van der Waals surface area contributed by atoms with E-state index < -0.39 is 10.0 Å². The molecule has 2 aliphatic heterocycles. The van der Waals surface area contributed by atoms with E-state index in [4.69, 9.17) is 9.47 Å². The lowest BCUT2D eigenvalue weighted by molar-refractivity contribution is -0.139. The number of hydrogen-bond donors (Lipinski definition) is 1. The van der Waals surface area contributed by atoms with Gasteiger partial charge >= 0.3 is 5.97 Å². The summed E-state index contributed by atoms with van der Waals surface area (Å²) in [6.45, 7) is 0.377. The van der Waals surface area contributed by atoms with E-state index in [-0.39, 0.29) is 18.1 Å². The predicted octanol–water partition coefficient (Wildman–Crippen LogP) is 2.18. The Kier molecular flexibility index (Phi) is 3.80. The molecule has 4 nitrogen and oxygen atoms in total. The van der Waals surface area contributed by atoms with Crippen LogP contribution in [0, 0.1) is 5.92 Å². The molecule has 0 unspecified atom stereocenters. The van der Waals surface area contributed by atoms with Crippen molar-refractivity contribution in [1.82, 2.24) is 0 Å². The molecule has 6 heteroatoms. The van der Waals surface area contributed by atoms with E-state index in [9.17, 15) is 9.90 Å². The first-order valence-corrected chi connectivity index (χ1v) is 8.44. The maximum absolute atomic E-state index is 11.8. The first-order chi connectivity index (χ1) is 8.72. The Balaban J connectivity index is 1.76. The van der Waals surface area contributed by atoms with Gasteiger partial charge in [0.15, 0.2) is 4.08 Å². The van der Waals surface area contributed by atoms with Crippen molar-refractivity contribution in [2.75, 3.05) is 18.3 Å². The fraction of sp³-hybridized carbons (Fsp3) is 0.917. The summed E-state index contributed by atoms with van der Waals surface area (Å²) in [5.41, 5.74) is 0. The Morgan fingerprint density at radius 1 is 1.17 bits per heavy atom. The number of carboxylic acids is 1. The SMILES string of the molecule is O=C(O)C1([C@@H]2CC[C@@H]3OCO[C@@H]3C2)SCCCS1. The zero-order valence-electron chi connectivity index (χ0n) is 10.2. The van der Waals surface area contributed by atoms with Gasteiger partial charge in [-0.05, 0) is 43.1 Å². The summed E-state index contributed by atoms with van der Waals surface area (Å²) in [4.78, 5) is 11.8. The van der Waals surface area contributed by atoms with E-state index in [1.165, 1.54) is 0 Å². The molecule has 1 N–H and O–H groups in total. The largest absolute Gasteiger partial charge is 0.480 e. The van der Waals surface area contributed by atoms with Gasteiger partial charge in [0.2, 0.25) is 0 Å². The molecule has 3 aliphatic rings. The lowest BCUT2D eigenvalue weighted by Gasteiger charge is -2.42. The lowest BCUT2D eigenvalue weighted by Crippen LogP contribution is -2.47. The van der Waals surface area contributed by atoms with Crippen LogP contribution in [-0.4, -0.2) is 45.7 Å². The molecular formula is C12H18O4S2. The summed E-state index contributed by atoms with van der Waals surface area (Å²) in [5, 5.41) is 9.67. The quantitative estimate of drug-likeness (QED) is 0.841. The summed E-state index contributed by atoms with van der Waals surface area (Å²) < 4.78 is 10.4. The molecule has 3 atom stereocenters. The van der Waals surface area contributed by atoms with Crippen molar-refractivity contribution in [2.45, 2.75) is 42.0 Å². The first kappa shape index (κ1) is 13.1. The second-order valence-electron chi connectivity index (χ2n) is 5.06. The van der Waals surface area contributed by atoms with Gasteiger partial charge in [-0.2, -0.15) is 0 Å². The molecule has 102 valence electrons. The Bertz CT molecular complexity index is 330. The molecule has 0 amide bonds. The van der Waals surface area contributed by atoms with Crippen molar-refractivity contribution in [3.05, 3.63) is 0 Å². The van der Waals surface area contributed by atoms with Crippen LogP contribution in [0.3, 0.4) is 0 Å². The molecular weight excluding hydrogens is 272 g/mol. The van der Waals surface area contributed by atoms with Crippen LogP contribution in [-0.2, 0) is 14.3 Å². The minimum Gasteiger partial charge on any atom is -0.480 e. The van der Waals surface area contributed by atoms with Gasteiger partial charge in [0.25, 0.3) is 0 Å². The van der Waals surface area contributed by atoms with Crippen LogP contribution in [0.5, 0.6) is 0 Å². The van der Waals surface area contributed by atoms with Crippen molar-refractivity contribution in [2.24, 2.45) is 5.92 Å². The highest BCUT2D eigenvalue weighted by molar-refractivity contribution is 8.19. The fourth-order valence-corrected chi connectivity index (χ4v) is 6.46. The highest BCUT2D eigenvalue weighted by Gasteiger charge is 2.52. The van der Waals surface area contributed by atoms with Crippen molar-refractivity contribution in [1.29, 1.82) is 0 Å². The van der Waals surface area contributed by atoms with Crippen LogP contribution in [0.15, 0.2) is 0 Å². The van der Waals surface area contributed by atoms with Gasteiger partial charge in [-0.25, -0.2) is 4.79 Å². The molecule has 0 aromatic rings. The van der Waals surface area contributed by atoms with Crippen molar-refractivity contribution in [3.63, 3.8) is 0 Å². The second-order valence-corrected chi connectivity index (χ2v) is 8.00. The van der Waals surface area contributed by atoms with Crippen LogP contribution < -0.4 is 0 Å². The number of ether oxygens (including phenoxy) is 2. The average Bonchev–Trinajstić information content (AvgIpc) is 2.86. The summed E-state index contributed by atoms with van der Waals surface area (Å²) in [7, 11) is 0. The molecule has 2 heterocycles. The van der Waals surface area contributed by atoms with Gasteiger partial charge in [0, 0.05) is 0 Å². The topological polar surface area (TPSA) is 55.8 Å². The van der Waals surface area contributed by atoms with Crippen molar-refractivity contribution < 1.29 is 19.4 Å². The van der Waals surface area contributed by atoms with Crippen LogP contribution in [0.25, 0.3) is 0 Å². The van der Waals surface area contributed by atoms with Crippen LogP contribution >= 0.6 is 23.5 Å². The molecule has 2 saturated heterocycles. The standard InChI is InChI=1S/C12H18O4S2/c13-11(14)12(17-4-1-5-18-12)8-2-3-9-10(6-8)16-7-15-9/h8-10H,1-7H2,(H,13,14)/t8-,9+,10-/m1/s1. The second kappa shape index (κ2) is 5.23. The monoisotopic (exact) mass is 290 g/mol. The number of fused-ring (bicyclic) bond motifs is 1. The normalized spacial score (nSPS) is 39.2. The molecule has 1 aliphatic carbocycles. The van der Waals surface area contributed by atoms with Crippen LogP contribution in [0.4, 0.5) is 0 Å². The molecule has 0 aromatic heterocycles. The number of carboxylic acid groups (broad SMARTS) is 1. The number of rotatable bonds is 2. The third kappa shape index (κ3) is 2.17. The first-order valence-electron chi connectivity index (χ1n) is 6.47. The van der Waals surface area contributed by atoms with Crippen molar-refractivity contribution in [3.8, 4) is 0 Å². The maximum Gasteiger partial charge on any atom is 0.330 e. The zero-order valence-corrected chi connectivity index (χ0v) is 11.8. The third-order valence-corrected chi connectivity index (χ3v) is 7.62. The van der Waals surface area contributed by atoms with E-state index in [1.54, 1.807) is 23.5 Å². The van der Waals surface area contributed by atoms with E-state index in [0.717, 1.165) is 37.2 Å². The van der Waals surface area contributed by atoms with Gasteiger partial charge in [-0.1, -0.05) is 0 Å². The minimum absolute atomic E-state index is 0.114. The number of hydrogen-bond acceptors (Lipinski definition) is 5. The fourth-order valence-electron chi connectivity index (χ4n) is 3.11. The summed E-state index contributed by atoms with van der Waals surface area (Å²) in [6.07, 6.45) is 4.14. The molecule has 18 heavy (non-hydrogen) atoms. The molecule has 0 aromatic carbocycles. The van der Waals surface area contributed by atoms with E-state index in [0.29, 0.717) is 6.79 Å². The summed E-state index contributed by atoms with van der Waals surface area (Å²) >= 11 is 3.25. The van der Waals surface area contributed by atoms with Gasteiger partial charge in [-0.15, -0.1) is 23.5 Å². The number of carbonyl (C=O) groups is 1. The van der Waals surface area contributed by atoms with E-state index in [2.05, 4.69) is 0 Å². The van der Waals surface area contributed by atoms with Crippen molar-refractivity contribution >= 4 is 29.5 Å². The highest BCUT2D eigenvalue weighted by Crippen LogP contribution is 2.53. The zero-order chi connectivity index (χ0) is 12.6. The Morgan fingerprint density at radius 3 is 2.61 bits per heavy atom. The molecule has 0 spiro atoms. The van der Waals surface area contributed by atoms with Crippen LogP contribution in [0.1, 0.15) is 25.7 Å². The minimum atomic E-state index is -0.653. The van der Waals surface area contributed by atoms with Gasteiger partial charge in [0.1, 0.15) is 6.79 Å². The van der Waals surface area contributed by atoms with E-state index in [1.807, 2.05) is 0 Å². The predicted molar refractivity (Wildman–Crippen MR) is 71.9 cm³/mol. The molecule has 3 rings (SSSR count). The lowest BCUT2D eigenvalue weighted by atomic mass is 9.83. The summed E-state index contributed by atoms with van der Waals surface area (Å²) in [6, 6.07) is 0. The maximum atomic E-state index is 11.8. The summed E-state index contributed by atoms with van der Waals surface area (Å²) in [5.74, 6) is 1.47. The molecule has 0 radical (unpaired) electrons. The highest BCUT2D eigenvalue weighted by atomic mass is 32.2. The van der Waals surface area contributed by atoms with E-state index >= 15 is 0 Å². The Hall–Kier alpha value is 0.0900. The Labute approximate surface area is 115 Å². The van der Waals surface area contributed by atoms with Gasteiger partial charge in [-0.3, -0.25) is 0 Å². The molecule has 3 fully saturated rings. The Morgan fingerprint density at radius 2 is 1.89 bits per heavy atom. The van der Waals surface area contributed by atoms with Crippen LogP contribution in [0.2, 0.25) is 0 Å². The van der Waals surface area contributed by atoms with Gasteiger partial charge < -0.3 is 14.6 Å². The molecule has 1 saturated carbocycles. The third-order valence-electron chi connectivity index (χ3n) is 4.05. The molecule has 0 bridgehead atoms. The number of thioether (sulfide) groups is 2.